The molecule has 0 radical (unpaired) electrons. The fourth-order valence-corrected chi connectivity index (χ4v) is 5.85. The molecule has 3 heterocycles. The van der Waals surface area contributed by atoms with E-state index in [4.69, 9.17) is 18.9 Å². The topological polar surface area (TPSA) is 89.6 Å². The quantitative estimate of drug-likeness (QED) is 0.596. The van der Waals surface area contributed by atoms with Gasteiger partial charge in [0.05, 0.1) is 20.1 Å². The largest absolute Gasteiger partial charge is 0.493 e. The van der Waals surface area contributed by atoms with Gasteiger partial charge in [-0.25, -0.2) is 0 Å². The third kappa shape index (κ3) is 5.25. The highest BCUT2D eigenvalue weighted by Crippen LogP contribution is 2.41. The van der Waals surface area contributed by atoms with E-state index in [0.29, 0.717) is 61.3 Å². The molecule has 38 heavy (non-hydrogen) atoms. The Bertz CT molecular complexity index is 1210. The number of likely N-dealkylation sites (tertiary alicyclic amines) is 1. The number of carbonyl (C=O) groups is 2. The molecule has 0 saturated carbocycles. The van der Waals surface area contributed by atoms with Crippen LogP contribution in [0.3, 0.4) is 0 Å². The highest BCUT2D eigenvalue weighted by Gasteiger charge is 2.38. The van der Waals surface area contributed by atoms with E-state index in [2.05, 4.69) is 30.1 Å². The molecule has 0 spiro atoms. The molecule has 2 aromatic carbocycles. The molecule has 1 saturated heterocycles. The zero-order valence-corrected chi connectivity index (χ0v) is 22.7. The standard InChI is InChI=1S/C29H37N3O6/c1-29(2)17-32(16-21-13-24(35-3)25(36-4)14-22(21)29)28(34)20-6-5-10-31(15-20)11-9-30-27(33)19-7-8-23-26(12-19)38-18-37-23/h7-8,12-14,20H,5-6,9-11,15-18H2,1-4H3,(H,30,33). The van der Waals surface area contributed by atoms with Crippen molar-refractivity contribution in [3.63, 3.8) is 0 Å². The summed E-state index contributed by atoms with van der Waals surface area (Å²) in [7, 11) is 3.28. The minimum absolute atomic E-state index is 0.0502. The number of nitrogens with one attached hydrogen (secondary N) is 1. The van der Waals surface area contributed by atoms with Gasteiger partial charge in [0, 0.05) is 43.7 Å². The first-order valence-corrected chi connectivity index (χ1v) is 13.2. The van der Waals surface area contributed by atoms with Gasteiger partial charge in [0.25, 0.3) is 5.91 Å². The SMILES string of the molecule is COc1cc2c(cc1OC)C(C)(C)CN(C(=O)C1CCCN(CCNC(=O)c3ccc4c(c3)OCO4)C1)C2. The summed E-state index contributed by atoms with van der Waals surface area (Å²) in [6.45, 7) is 8.60. The summed E-state index contributed by atoms with van der Waals surface area (Å²) in [4.78, 5) is 30.6. The molecular formula is C29H37N3O6. The summed E-state index contributed by atoms with van der Waals surface area (Å²) in [6, 6.07) is 9.26. The Balaban J connectivity index is 1.17. The van der Waals surface area contributed by atoms with Crippen molar-refractivity contribution in [1.29, 1.82) is 0 Å². The molecule has 3 aliphatic heterocycles. The molecule has 5 rings (SSSR count). The Labute approximate surface area is 224 Å². The number of benzene rings is 2. The fraction of sp³-hybridized carbons (Fsp3) is 0.517. The maximum absolute atomic E-state index is 13.7. The van der Waals surface area contributed by atoms with E-state index in [1.54, 1.807) is 32.4 Å². The van der Waals surface area contributed by atoms with Gasteiger partial charge in [0.1, 0.15) is 0 Å². The molecule has 0 aliphatic carbocycles. The molecule has 9 nitrogen and oxygen atoms in total. The van der Waals surface area contributed by atoms with E-state index in [1.165, 1.54) is 5.56 Å². The monoisotopic (exact) mass is 523 g/mol. The van der Waals surface area contributed by atoms with Crippen molar-refractivity contribution in [2.75, 3.05) is 53.7 Å². The van der Waals surface area contributed by atoms with Crippen LogP contribution in [0.1, 0.15) is 48.2 Å². The van der Waals surface area contributed by atoms with E-state index >= 15 is 0 Å². The predicted molar refractivity (Wildman–Crippen MR) is 142 cm³/mol. The van der Waals surface area contributed by atoms with Gasteiger partial charge in [0.2, 0.25) is 12.7 Å². The van der Waals surface area contributed by atoms with Gasteiger partial charge in [-0.15, -0.1) is 0 Å². The van der Waals surface area contributed by atoms with E-state index in [9.17, 15) is 9.59 Å². The van der Waals surface area contributed by atoms with Gasteiger partial charge >= 0.3 is 0 Å². The van der Waals surface area contributed by atoms with E-state index in [-0.39, 0.29) is 29.9 Å². The molecular weight excluding hydrogens is 486 g/mol. The molecule has 3 aliphatic rings. The van der Waals surface area contributed by atoms with Crippen molar-refractivity contribution in [3.05, 3.63) is 47.0 Å². The zero-order chi connectivity index (χ0) is 26.9. The summed E-state index contributed by atoms with van der Waals surface area (Å²) in [6.07, 6.45) is 1.85. The summed E-state index contributed by atoms with van der Waals surface area (Å²) >= 11 is 0. The normalized spacial score (nSPS) is 20.0. The lowest BCUT2D eigenvalue weighted by Gasteiger charge is -2.42. The van der Waals surface area contributed by atoms with E-state index in [1.807, 2.05) is 11.0 Å². The van der Waals surface area contributed by atoms with Crippen LogP contribution >= 0.6 is 0 Å². The van der Waals surface area contributed by atoms with Gasteiger partial charge in [-0.3, -0.25) is 9.59 Å². The third-order valence-electron chi connectivity index (χ3n) is 7.80. The van der Waals surface area contributed by atoms with Crippen LogP contribution in [-0.2, 0) is 16.8 Å². The third-order valence-corrected chi connectivity index (χ3v) is 7.80. The summed E-state index contributed by atoms with van der Waals surface area (Å²) in [5.74, 6) is 2.66. The van der Waals surface area contributed by atoms with Crippen molar-refractivity contribution >= 4 is 11.8 Å². The van der Waals surface area contributed by atoms with Crippen molar-refractivity contribution < 1.29 is 28.5 Å². The maximum atomic E-state index is 13.7. The molecule has 1 fully saturated rings. The predicted octanol–water partition coefficient (Wildman–Crippen LogP) is 3.19. The molecule has 1 N–H and O–H groups in total. The van der Waals surface area contributed by atoms with Crippen LogP contribution < -0.4 is 24.3 Å². The molecule has 2 amide bonds. The number of rotatable bonds is 7. The van der Waals surface area contributed by atoms with Crippen molar-refractivity contribution in [2.24, 2.45) is 5.92 Å². The maximum Gasteiger partial charge on any atom is 0.251 e. The molecule has 0 bridgehead atoms. The Morgan fingerprint density at radius 1 is 1.08 bits per heavy atom. The molecule has 9 heteroatoms. The minimum atomic E-state index is -0.198. The number of hydrogen-bond acceptors (Lipinski definition) is 7. The smallest absolute Gasteiger partial charge is 0.251 e. The zero-order valence-electron chi connectivity index (χ0n) is 22.7. The molecule has 1 atom stereocenters. The number of ether oxygens (including phenoxy) is 4. The number of methoxy groups -OCH3 is 2. The second-order valence-electron chi connectivity index (χ2n) is 10.9. The fourth-order valence-electron chi connectivity index (χ4n) is 5.85. The Hall–Kier alpha value is -3.46. The second-order valence-corrected chi connectivity index (χ2v) is 10.9. The van der Waals surface area contributed by atoms with E-state index in [0.717, 1.165) is 24.9 Å². The van der Waals surface area contributed by atoms with Gasteiger partial charge in [0.15, 0.2) is 23.0 Å². The second kappa shape index (κ2) is 10.7. The Kier molecular flexibility index (Phi) is 7.38. The van der Waals surface area contributed by atoms with Crippen LogP contribution in [0.2, 0.25) is 0 Å². The van der Waals surface area contributed by atoms with Gasteiger partial charge in [-0.1, -0.05) is 13.8 Å². The number of nitrogens with zero attached hydrogens (tertiary/aromatic N) is 2. The lowest BCUT2D eigenvalue weighted by Crippen LogP contribution is -2.50. The number of carbonyl (C=O) groups excluding carboxylic acids is 2. The number of fused-ring (bicyclic) bond motifs is 2. The molecule has 1 unspecified atom stereocenters. The Morgan fingerprint density at radius 3 is 2.63 bits per heavy atom. The molecule has 2 aromatic rings. The van der Waals surface area contributed by atoms with Crippen LogP contribution in [0.25, 0.3) is 0 Å². The van der Waals surface area contributed by atoms with Crippen LogP contribution in [0, 0.1) is 5.92 Å². The summed E-state index contributed by atoms with van der Waals surface area (Å²) in [5, 5.41) is 2.99. The van der Waals surface area contributed by atoms with E-state index < -0.39 is 0 Å². The Morgan fingerprint density at radius 2 is 1.84 bits per heavy atom. The van der Waals surface area contributed by atoms with Crippen LogP contribution in [-0.4, -0.2) is 75.4 Å². The summed E-state index contributed by atoms with van der Waals surface area (Å²) in [5.41, 5.74) is 2.65. The average Bonchev–Trinajstić information content (AvgIpc) is 3.39. The van der Waals surface area contributed by atoms with Crippen LogP contribution in [0.5, 0.6) is 23.0 Å². The lowest BCUT2D eigenvalue weighted by molar-refractivity contribution is -0.139. The molecule has 0 aromatic heterocycles. The van der Waals surface area contributed by atoms with Crippen LogP contribution in [0.15, 0.2) is 30.3 Å². The highest BCUT2D eigenvalue weighted by molar-refractivity contribution is 5.94. The van der Waals surface area contributed by atoms with Crippen molar-refractivity contribution in [3.8, 4) is 23.0 Å². The number of piperidine rings is 1. The number of hydrogen-bond donors (Lipinski definition) is 1. The molecule has 204 valence electrons. The first-order valence-electron chi connectivity index (χ1n) is 13.2. The van der Waals surface area contributed by atoms with Gasteiger partial charge in [-0.05, 0) is 60.8 Å². The van der Waals surface area contributed by atoms with Gasteiger partial charge in [-0.2, -0.15) is 0 Å². The minimum Gasteiger partial charge on any atom is -0.493 e. The summed E-state index contributed by atoms with van der Waals surface area (Å²) < 4.78 is 21.7. The van der Waals surface area contributed by atoms with Crippen molar-refractivity contribution in [1.82, 2.24) is 15.1 Å². The van der Waals surface area contributed by atoms with Crippen molar-refractivity contribution in [2.45, 2.75) is 38.6 Å². The average molecular weight is 524 g/mol. The van der Waals surface area contributed by atoms with Gasteiger partial charge < -0.3 is 34.1 Å². The first-order chi connectivity index (χ1) is 18.3. The lowest BCUT2D eigenvalue weighted by atomic mass is 9.77. The number of amides is 2. The van der Waals surface area contributed by atoms with Crippen LogP contribution in [0.4, 0.5) is 0 Å². The first kappa shape index (κ1) is 26.2. The highest BCUT2D eigenvalue weighted by atomic mass is 16.7.